The molecule has 0 aliphatic carbocycles. The topological polar surface area (TPSA) is 76.7 Å². The van der Waals surface area contributed by atoms with Crippen molar-refractivity contribution in [3.63, 3.8) is 0 Å². The average Bonchev–Trinajstić information content (AvgIpc) is 3.38. The van der Waals surface area contributed by atoms with Crippen LogP contribution >= 0.6 is 23.2 Å². The number of nitrogens with zero attached hydrogens (tertiary/aromatic N) is 2. The molecular weight excluding hydrogens is 576 g/mol. The minimum Gasteiger partial charge on any atom is -0.353 e. The molecule has 3 N–H and O–H groups in total. The Morgan fingerprint density at radius 3 is 2.50 bits per heavy atom. The van der Waals surface area contributed by atoms with Crippen molar-refractivity contribution >= 4 is 40.7 Å². The zero-order chi connectivity index (χ0) is 30.4. The normalized spacial score (nSPS) is 26.6. The lowest BCUT2D eigenvalue weighted by molar-refractivity contribution is -0.123. The zero-order valence-corrected chi connectivity index (χ0v) is 26.6. The van der Waals surface area contributed by atoms with Crippen LogP contribution in [0, 0.1) is 11.2 Å². The Hall–Kier alpha value is -2.23. The van der Waals surface area contributed by atoms with Crippen LogP contribution in [0.1, 0.15) is 58.1 Å². The molecule has 5 rings (SSSR count). The number of rotatable bonds is 7. The van der Waals surface area contributed by atoms with Crippen molar-refractivity contribution in [2.75, 3.05) is 44.6 Å². The van der Waals surface area contributed by atoms with E-state index in [0.29, 0.717) is 35.3 Å². The lowest BCUT2D eigenvalue weighted by atomic mass is 9.62. The third kappa shape index (κ3) is 5.93. The molecule has 0 bridgehead atoms. The van der Waals surface area contributed by atoms with Crippen molar-refractivity contribution in [3.05, 3.63) is 63.4 Å². The first-order valence-corrected chi connectivity index (χ1v) is 15.6. The Bertz CT molecular complexity index is 1340. The predicted molar refractivity (Wildman–Crippen MR) is 167 cm³/mol. The summed E-state index contributed by atoms with van der Waals surface area (Å²) in [4.78, 5) is 33.1. The quantitative estimate of drug-likeness (QED) is 0.406. The van der Waals surface area contributed by atoms with Crippen LogP contribution in [0.3, 0.4) is 0 Å². The molecule has 2 amide bonds. The van der Waals surface area contributed by atoms with Gasteiger partial charge in [-0.05, 0) is 61.1 Å². The largest absolute Gasteiger partial charge is 0.353 e. The van der Waals surface area contributed by atoms with Crippen molar-refractivity contribution in [3.8, 4) is 0 Å². The molecule has 1 spiro atoms. The van der Waals surface area contributed by atoms with Gasteiger partial charge < -0.3 is 16.0 Å². The molecule has 0 radical (unpaired) electrons. The summed E-state index contributed by atoms with van der Waals surface area (Å²) in [5.74, 6) is -1.70. The van der Waals surface area contributed by atoms with E-state index in [1.54, 1.807) is 12.1 Å². The molecule has 3 heterocycles. The number of carbonyl (C=O) groups is 2. The van der Waals surface area contributed by atoms with Crippen molar-refractivity contribution in [2.24, 2.45) is 5.41 Å². The van der Waals surface area contributed by atoms with Gasteiger partial charge in [-0.2, -0.15) is 0 Å². The molecular formula is C32H42Cl2FN5O2. The van der Waals surface area contributed by atoms with Gasteiger partial charge in [0.05, 0.1) is 11.1 Å². The zero-order valence-electron chi connectivity index (χ0n) is 25.1. The lowest BCUT2D eigenvalue weighted by Crippen LogP contribution is -2.51. The van der Waals surface area contributed by atoms with Crippen molar-refractivity contribution in [2.45, 2.75) is 70.5 Å². The van der Waals surface area contributed by atoms with Crippen molar-refractivity contribution in [1.82, 2.24) is 20.4 Å². The number of amides is 2. The minimum atomic E-state index is -1.26. The van der Waals surface area contributed by atoms with E-state index < -0.39 is 29.2 Å². The Morgan fingerprint density at radius 2 is 1.86 bits per heavy atom. The van der Waals surface area contributed by atoms with Crippen LogP contribution in [0.25, 0.3) is 0 Å². The van der Waals surface area contributed by atoms with E-state index in [2.05, 4.69) is 60.4 Å². The van der Waals surface area contributed by atoms with E-state index in [-0.39, 0.29) is 22.3 Å². The van der Waals surface area contributed by atoms with Crippen LogP contribution in [-0.4, -0.2) is 79.0 Å². The second-order valence-electron chi connectivity index (χ2n) is 13.4. The third-order valence-corrected chi connectivity index (χ3v) is 9.58. The highest BCUT2D eigenvalue weighted by Crippen LogP contribution is 2.57. The number of hydrogen-bond acceptors (Lipinski definition) is 5. The molecule has 10 heteroatoms. The van der Waals surface area contributed by atoms with Gasteiger partial charge in [0.1, 0.15) is 11.2 Å². The van der Waals surface area contributed by atoms with Gasteiger partial charge >= 0.3 is 0 Å². The smallest absolute Gasteiger partial charge is 0.237 e. The third-order valence-electron chi connectivity index (χ3n) is 9.06. The molecule has 0 aromatic heterocycles. The fourth-order valence-electron chi connectivity index (χ4n) is 7.08. The van der Waals surface area contributed by atoms with Gasteiger partial charge in [0.25, 0.3) is 0 Å². The van der Waals surface area contributed by atoms with Gasteiger partial charge in [0, 0.05) is 68.0 Å². The Balaban J connectivity index is 1.49. The summed E-state index contributed by atoms with van der Waals surface area (Å²) < 4.78 is 15.1. The van der Waals surface area contributed by atoms with Crippen LogP contribution in [-0.2, 0) is 15.0 Å². The van der Waals surface area contributed by atoms with E-state index in [1.807, 2.05) is 12.1 Å². The molecule has 3 aliphatic heterocycles. The van der Waals surface area contributed by atoms with E-state index in [9.17, 15) is 9.59 Å². The van der Waals surface area contributed by atoms with Crippen LogP contribution in [0.2, 0.25) is 10.0 Å². The Morgan fingerprint density at radius 1 is 1.14 bits per heavy atom. The monoisotopic (exact) mass is 617 g/mol. The summed E-state index contributed by atoms with van der Waals surface area (Å²) >= 11 is 12.6. The first-order valence-electron chi connectivity index (χ1n) is 14.9. The van der Waals surface area contributed by atoms with Crippen LogP contribution < -0.4 is 16.0 Å². The molecule has 2 aromatic rings. The molecule has 4 atom stereocenters. The molecule has 2 fully saturated rings. The fourth-order valence-corrected chi connectivity index (χ4v) is 7.45. The number of hydrogen-bond donors (Lipinski definition) is 3. The molecule has 0 unspecified atom stereocenters. The second-order valence-corrected chi connectivity index (χ2v) is 14.2. The first-order chi connectivity index (χ1) is 19.8. The number of fused-ring (bicyclic) bond motifs is 2. The average molecular weight is 619 g/mol. The maximum absolute atomic E-state index is 15.1. The van der Waals surface area contributed by atoms with Gasteiger partial charge in [-0.3, -0.25) is 19.4 Å². The first kappa shape index (κ1) is 31.2. The lowest BCUT2D eigenvalue weighted by Gasteiger charge is -2.37. The number of carbonyl (C=O) groups excluding carboxylic acids is 2. The Kier molecular flexibility index (Phi) is 8.95. The number of anilines is 1. The van der Waals surface area contributed by atoms with E-state index in [1.165, 1.54) is 12.1 Å². The summed E-state index contributed by atoms with van der Waals surface area (Å²) in [6.07, 6.45) is 0.574. The fraction of sp³-hybridized carbons (Fsp3) is 0.562. The maximum Gasteiger partial charge on any atom is 0.237 e. The highest BCUT2D eigenvalue weighted by Gasteiger charge is 2.65. The summed E-state index contributed by atoms with van der Waals surface area (Å²) in [6.45, 7) is 15.9. The Labute approximate surface area is 258 Å². The maximum atomic E-state index is 15.1. The van der Waals surface area contributed by atoms with E-state index in [0.717, 1.165) is 38.3 Å². The number of benzene rings is 2. The molecule has 7 nitrogen and oxygen atoms in total. The van der Waals surface area contributed by atoms with Crippen molar-refractivity contribution < 1.29 is 14.0 Å². The van der Waals surface area contributed by atoms with E-state index >= 15 is 4.39 Å². The summed E-state index contributed by atoms with van der Waals surface area (Å²) in [7, 11) is 0. The number of halogens is 3. The van der Waals surface area contributed by atoms with Gasteiger partial charge in [-0.15, -0.1) is 0 Å². The minimum absolute atomic E-state index is 0.0627. The van der Waals surface area contributed by atoms with Crippen LogP contribution in [0.5, 0.6) is 0 Å². The van der Waals surface area contributed by atoms with Gasteiger partial charge in [-0.25, -0.2) is 4.39 Å². The molecule has 2 aromatic carbocycles. The van der Waals surface area contributed by atoms with Crippen LogP contribution in [0.15, 0.2) is 36.4 Å². The predicted octanol–water partition coefficient (Wildman–Crippen LogP) is 5.03. The molecule has 2 saturated heterocycles. The SMILES string of the molecule is CC(C)N1CCN(CCNC(=O)[C@@H]2N[C@H](CC(C)(C)C)[C@]3(C(=O)Nc4cc(Cl)c(F)cc43)[C@H]2c2cccc(Cl)c2)CC1. The van der Waals surface area contributed by atoms with Gasteiger partial charge in [0.2, 0.25) is 11.8 Å². The van der Waals surface area contributed by atoms with Crippen LogP contribution in [0.4, 0.5) is 10.1 Å². The molecule has 0 saturated carbocycles. The van der Waals surface area contributed by atoms with Gasteiger partial charge in [0.15, 0.2) is 0 Å². The highest BCUT2D eigenvalue weighted by molar-refractivity contribution is 6.31. The summed E-state index contributed by atoms with van der Waals surface area (Å²) in [6, 6.07) is 9.45. The summed E-state index contributed by atoms with van der Waals surface area (Å²) in [5.41, 5.74) is 0.282. The number of piperazine rings is 1. The van der Waals surface area contributed by atoms with E-state index in [4.69, 9.17) is 23.2 Å². The second kappa shape index (κ2) is 12.0. The standard InChI is InChI=1S/C32H42Cl2FN5O2/c1-19(2)40-13-11-39(12-14-40)10-9-36-29(41)28-27(20-7-6-8-21(33)15-20)32(26(38-28)18-31(3,4)5)22-16-24(35)23(34)17-25(22)37-30(32)42/h6-8,15-17,19,26-28,38H,9-14,18H2,1-5H3,(H,36,41)(H,37,42)/t26-,27+,28-,32+/m1/s1. The molecule has 42 heavy (non-hydrogen) atoms. The number of nitrogens with one attached hydrogen (secondary N) is 3. The van der Waals surface area contributed by atoms with Crippen molar-refractivity contribution in [1.29, 1.82) is 0 Å². The molecule has 228 valence electrons. The molecule has 3 aliphatic rings. The summed E-state index contributed by atoms with van der Waals surface area (Å²) in [5, 5.41) is 10.1. The van der Waals surface area contributed by atoms with Gasteiger partial charge in [-0.1, -0.05) is 56.1 Å². The highest BCUT2D eigenvalue weighted by atomic mass is 35.5.